The van der Waals surface area contributed by atoms with E-state index in [9.17, 15) is 9.18 Å². The number of methoxy groups -OCH3 is 1. The summed E-state index contributed by atoms with van der Waals surface area (Å²) in [5.74, 6) is -0.458. The molecule has 0 aliphatic heterocycles. The van der Waals surface area contributed by atoms with Crippen molar-refractivity contribution in [3.8, 4) is 5.75 Å². The van der Waals surface area contributed by atoms with Crippen LogP contribution < -0.4 is 10.5 Å². The molecule has 116 valence electrons. The van der Waals surface area contributed by atoms with E-state index >= 15 is 0 Å². The number of halogens is 1. The molecule has 0 heterocycles. The zero-order valence-corrected chi connectivity index (χ0v) is 12.5. The summed E-state index contributed by atoms with van der Waals surface area (Å²) >= 11 is 0. The maximum atomic E-state index is 13.5. The second-order valence-corrected chi connectivity index (χ2v) is 5.43. The summed E-state index contributed by atoms with van der Waals surface area (Å²) < 4.78 is 18.4. The summed E-state index contributed by atoms with van der Waals surface area (Å²) in [5, 5.41) is 0. The molecular formula is C16H23FN2O2. The Morgan fingerprint density at radius 1 is 1.38 bits per heavy atom. The Labute approximate surface area is 125 Å². The summed E-state index contributed by atoms with van der Waals surface area (Å²) in [6.45, 7) is 0.962. The van der Waals surface area contributed by atoms with E-state index in [1.54, 1.807) is 0 Å². The first kappa shape index (κ1) is 15.8. The van der Waals surface area contributed by atoms with Crippen molar-refractivity contribution in [3.63, 3.8) is 0 Å². The Bertz CT molecular complexity index is 487. The van der Waals surface area contributed by atoms with E-state index in [1.165, 1.54) is 31.7 Å². The molecular weight excluding hydrogens is 271 g/mol. The molecule has 0 saturated heterocycles. The first-order valence-electron chi connectivity index (χ1n) is 7.52. The predicted molar refractivity (Wildman–Crippen MR) is 79.9 cm³/mol. The number of hydrogen-bond acceptors (Lipinski definition) is 3. The van der Waals surface area contributed by atoms with Crippen molar-refractivity contribution in [1.29, 1.82) is 0 Å². The van der Waals surface area contributed by atoms with Gasteiger partial charge in [0.1, 0.15) is 0 Å². The number of carbonyl (C=O) groups is 1. The number of rotatable bonds is 5. The molecule has 21 heavy (non-hydrogen) atoms. The van der Waals surface area contributed by atoms with E-state index in [0.29, 0.717) is 18.7 Å². The lowest BCUT2D eigenvalue weighted by atomic mass is 9.93. The third-order valence-corrected chi connectivity index (χ3v) is 4.04. The van der Waals surface area contributed by atoms with E-state index in [4.69, 9.17) is 10.5 Å². The molecule has 0 radical (unpaired) electrons. The highest BCUT2D eigenvalue weighted by molar-refractivity contribution is 5.94. The molecule has 1 aliphatic carbocycles. The molecule has 0 bridgehead atoms. The van der Waals surface area contributed by atoms with Gasteiger partial charge in [-0.2, -0.15) is 0 Å². The molecule has 1 saturated carbocycles. The minimum Gasteiger partial charge on any atom is -0.494 e. The van der Waals surface area contributed by atoms with Crippen molar-refractivity contribution in [2.24, 2.45) is 5.73 Å². The molecule has 1 aromatic rings. The number of carbonyl (C=O) groups excluding carboxylic acids is 1. The summed E-state index contributed by atoms with van der Waals surface area (Å²) in [5.41, 5.74) is 6.10. The van der Waals surface area contributed by atoms with E-state index in [0.717, 1.165) is 25.7 Å². The number of hydrogen-bond donors (Lipinski definition) is 1. The van der Waals surface area contributed by atoms with Gasteiger partial charge in [-0.3, -0.25) is 4.79 Å². The molecule has 0 unspecified atom stereocenters. The number of nitrogens with zero attached hydrogens (tertiary/aromatic N) is 1. The standard InChI is InChI=1S/C16H23FN2O2/c1-21-15-11-12(7-8-14(15)17)16(20)19(10-9-18)13-5-3-2-4-6-13/h7-8,11,13H,2-6,9-10,18H2,1H3. The van der Waals surface area contributed by atoms with Crippen LogP contribution >= 0.6 is 0 Å². The number of benzene rings is 1. The van der Waals surface area contributed by atoms with Crippen molar-refractivity contribution >= 4 is 5.91 Å². The van der Waals surface area contributed by atoms with E-state index < -0.39 is 5.82 Å². The zero-order chi connectivity index (χ0) is 15.2. The van der Waals surface area contributed by atoms with Crippen LogP contribution in [0.2, 0.25) is 0 Å². The second-order valence-electron chi connectivity index (χ2n) is 5.43. The van der Waals surface area contributed by atoms with Crippen molar-refractivity contribution in [1.82, 2.24) is 4.90 Å². The highest BCUT2D eigenvalue weighted by Gasteiger charge is 2.26. The molecule has 2 N–H and O–H groups in total. The number of nitrogens with two attached hydrogens (primary N) is 1. The molecule has 0 aromatic heterocycles. The maximum absolute atomic E-state index is 13.5. The fourth-order valence-corrected chi connectivity index (χ4v) is 2.94. The first-order valence-corrected chi connectivity index (χ1v) is 7.52. The molecule has 5 heteroatoms. The fourth-order valence-electron chi connectivity index (χ4n) is 2.94. The summed E-state index contributed by atoms with van der Waals surface area (Å²) in [6.07, 6.45) is 5.55. The molecule has 1 aliphatic rings. The van der Waals surface area contributed by atoms with Crippen LogP contribution in [0.5, 0.6) is 5.75 Å². The molecule has 1 fully saturated rings. The van der Waals surface area contributed by atoms with Gasteiger partial charge in [-0.15, -0.1) is 0 Å². The van der Waals surface area contributed by atoms with E-state index in [2.05, 4.69) is 0 Å². The van der Waals surface area contributed by atoms with Gasteiger partial charge in [-0.1, -0.05) is 19.3 Å². The average molecular weight is 294 g/mol. The number of ether oxygens (including phenoxy) is 1. The van der Waals surface area contributed by atoms with Gasteiger partial charge in [0, 0.05) is 24.7 Å². The second kappa shape index (κ2) is 7.41. The molecule has 1 amide bonds. The van der Waals surface area contributed by atoms with Crippen LogP contribution in [0.3, 0.4) is 0 Å². The van der Waals surface area contributed by atoms with Crippen LogP contribution in [0.15, 0.2) is 18.2 Å². The molecule has 0 spiro atoms. The lowest BCUT2D eigenvalue weighted by Gasteiger charge is -2.34. The van der Waals surface area contributed by atoms with Gasteiger partial charge >= 0.3 is 0 Å². The molecule has 2 rings (SSSR count). The van der Waals surface area contributed by atoms with Gasteiger partial charge in [0.2, 0.25) is 0 Å². The SMILES string of the molecule is COc1cc(C(=O)N(CCN)C2CCCCC2)ccc1F. The summed E-state index contributed by atoms with van der Waals surface area (Å²) in [4.78, 5) is 14.5. The van der Waals surface area contributed by atoms with Crippen LogP contribution in [0.25, 0.3) is 0 Å². The van der Waals surface area contributed by atoms with Crippen LogP contribution in [0, 0.1) is 5.82 Å². The van der Waals surface area contributed by atoms with Crippen LogP contribution in [-0.4, -0.2) is 37.0 Å². The Balaban J connectivity index is 2.20. The minimum atomic E-state index is -0.461. The van der Waals surface area contributed by atoms with Crippen molar-refractivity contribution in [2.45, 2.75) is 38.1 Å². The third-order valence-electron chi connectivity index (χ3n) is 4.04. The third kappa shape index (κ3) is 3.73. The maximum Gasteiger partial charge on any atom is 0.254 e. The summed E-state index contributed by atoms with van der Waals surface area (Å²) in [7, 11) is 1.39. The summed E-state index contributed by atoms with van der Waals surface area (Å²) in [6, 6.07) is 4.48. The monoisotopic (exact) mass is 294 g/mol. The molecule has 0 atom stereocenters. The number of amides is 1. The van der Waals surface area contributed by atoms with Gasteiger partial charge in [-0.05, 0) is 31.0 Å². The van der Waals surface area contributed by atoms with Crippen LogP contribution in [-0.2, 0) is 0 Å². The highest BCUT2D eigenvalue weighted by Crippen LogP contribution is 2.25. The molecule has 4 nitrogen and oxygen atoms in total. The van der Waals surface area contributed by atoms with Crippen LogP contribution in [0.1, 0.15) is 42.5 Å². The Hall–Kier alpha value is -1.62. The largest absolute Gasteiger partial charge is 0.494 e. The smallest absolute Gasteiger partial charge is 0.254 e. The normalized spacial score (nSPS) is 15.8. The predicted octanol–water partition coefficient (Wildman–Crippen LogP) is 2.57. The van der Waals surface area contributed by atoms with Gasteiger partial charge < -0.3 is 15.4 Å². The zero-order valence-electron chi connectivity index (χ0n) is 12.5. The van der Waals surface area contributed by atoms with Crippen molar-refractivity contribution < 1.29 is 13.9 Å². The Morgan fingerprint density at radius 2 is 2.10 bits per heavy atom. The lowest BCUT2D eigenvalue weighted by Crippen LogP contribution is -2.44. The van der Waals surface area contributed by atoms with E-state index in [-0.39, 0.29) is 17.7 Å². The minimum absolute atomic E-state index is 0.0920. The highest BCUT2D eigenvalue weighted by atomic mass is 19.1. The Morgan fingerprint density at radius 3 is 2.71 bits per heavy atom. The Kier molecular flexibility index (Phi) is 5.56. The van der Waals surface area contributed by atoms with Gasteiger partial charge in [-0.25, -0.2) is 4.39 Å². The lowest BCUT2D eigenvalue weighted by molar-refractivity contribution is 0.0641. The topological polar surface area (TPSA) is 55.6 Å². The van der Waals surface area contributed by atoms with Gasteiger partial charge in [0.15, 0.2) is 11.6 Å². The average Bonchev–Trinajstić information content (AvgIpc) is 2.53. The fraction of sp³-hybridized carbons (Fsp3) is 0.562. The first-order chi connectivity index (χ1) is 10.2. The molecule has 1 aromatic carbocycles. The van der Waals surface area contributed by atoms with Crippen LogP contribution in [0.4, 0.5) is 4.39 Å². The van der Waals surface area contributed by atoms with Gasteiger partial charge in [0.05, 0.1) is 7.11 Å². The quantitative estimate of drug-likeness (QED) is 0.908. The van der Waals surface area contributed by atoms with Crippen molar-refractivity contribution in [2.75, 3.05) is 20.2 Å². The van der Waals surface area contributed by atoms with Gasteiger partial charge in [0.25, 0.3) is 5.91 Å². The van der Waals surface area contributed by atoms with Crippen molar-refractivity contribution in [3.05, 3.63) is 29.6 Å². The van der Waals surface area contributed by atoms with E-state index in [1.807, 2.05) is 4.90 Å².